The number of nitrogens with one attached hydrogen (secondary N) is 2. The Bertz CT molecular complexity index is 902. The third kappa shape index (κ3) is 3.51. The van der Waals surface area contributed by atoms with Crippen LogP contribution in [0.5, 0.6) is 0 Å². The molecule has 1 aliphatic heterocycles. The van der Waals surface area contributed by atoms with Crippen molar-refractivity contribution in [1.29, 1.82) is 0 Å². The summed E-state index contributed by atoms with van der Waals surface area (Å²) in [6, 6.07) is 13.9. The predicted octanol–water partition coefficient (Wildman–Crippen LogP) is 4.35. The van der Waals surface area contributed by atoms with Crippen LogP contribution in [0.15, 0.2) is 66.2 Å². The van der Waals surface area contributed by atoms with Crippen molar-refractivity contribution >= 4 is 34.5 Å². The number of halogens is 1. The van der Waals surface area contributed by atoms with Gasteiger partial charge in [0.15, 0.2) is 0 Å². The highest BCUT2D eigenvalue weighted by molar-refractivity contribution is 6.31. The van der Waals surface area contributed by atoms with Crippen LogP contribution >= 0.6 is 11.6 Å². The highest BCUT2D eigenvalue weighted by Crippen LogP contribution is 2.35. The Morgan fingerprint density at radius 2 is 2.04 bits per heavy atom. The second kappa shape index (κ2) is 6.99. The molecule has 0 spiro atoms. The summed E-state index contributed by atoms with van der Waals surface area (Å²) < 4.78 is 2.07. The number of anilines is 2. The minimum Gasteiger partial charge on any atom is -0.369 e. The topological polar surface area (TPSA) is 54.2 Å². The summed E-state index contributed by atoms with van der Waals surface area (Å²) in [6.45, 7) is 1.74. The molecule has 1 aliphatic rings. The molecule has 0 fully saturated rings. The average Bonchev–Trinajstić information content (AvgIpc) is 3.08. The normalized spacial score (nSPS) is 12.4. The molecule has 126 valence electrons. The van der Waals surface area contributed by atoms with E-state index in [0.717, 1.165) is 48.0 Å². The van der Waals surface area contributed by atoms with Crippen molar-refractivity contribution in [1.82, 2.24) is 14.9 Å². The van der Waals surface area contributed by atoms with E-state index in [1.807, 2.05) is 42.9 Å². The monoisotopic (exact) mass is 351 g/mol. The van der Waals surface area contributed by atoms with Crippen molar-refractivity contribution in [2.45, 2.75) is 13.0 Å². The summed E-state index contributed by atoms with van der Waals surface area (Å²) in [5.41, 5.74) is 3.87. The second-order valence-corrected chi connectivity index (χ2v) is 6.31. The lowest BCUT2D eigenvalue weighted by molar-refractivity contribution is 0.631. The van der Waals surface area contributed by atoms with Gasteiger partial charge in [-0.15, -0.1) is 0 Å². The third-order valence-corrected chi connectivity index (χ3v) is 4.32. The Kier molecular flexibility index (Phi) is 4.39. The number of benzene rings is 2. The SMILES string of the molecule is Clc1ccc2c(c1)N=C(NCCCn1ccnc1)c1ccccc1N2. The first-order chi connectivity index (χ1) is 12.3. The molecule has 0 saturated carbocycles. The number of imidazole rings is 1. The number of para-hydroxylation sites is 1. The molecule has 0 radical (unpaired) electrons. The van der Waals surface area contributed by atoms with Crippen LogP contribution in [-0.4, -0.2) is 21.9 Å². The largest absolute Gasteiger partial charge is 0.369 e. The van der Waals surface area contributed by atoms with Gasteiger partial charge in [-0.2, -0.15) is 0 Å². The maximum atomic E-state index is 6.15. The highest BCUT2D eigenvalue weighted by Gasteiger charge is 2.15. The van der Waals surface area contributed by atoms with E-state index < -0.39 is 0 Å². The van der Waals surface area contributed by atoms with Crippen molar-refractivity contribution in [3.05, 3.63) is 71.8 Å². The molecular weight excluding hydrogens is 334 g/mol. The van der Waals surface area contributed by atoms with Gasteiger partial charge in [-0.05, 0) is 36.8 Å². The standard InChI is InChI=1S/C19H18ClN5/c20-14-6-7-17-18(12-14)24-19(15-4-1-2-5-16(15)23-17)22-8-3-10-25-11-9-21-13-25/h1-2,4-7,9,11-13,23H,3,8,10H2,(H,22,24). The van der Waals surface area contributed by atoms with Gasteiger partial charge in [-0.25, -0.2) is 9.98 Å². The maximum Gasteiger partial charge on any atom is 0.136 e. The van der Waals surface area contributed by atoms with E-state index in [-0.39, 0.29) is 0 Å². The Labute approximate surface area is 151 Å². The smallest absolute Gasteiger partial charge is 0.136 e. The molecule has 4 rings (SSSR count). The first-order valence-corrected chi connectivity index (χ1v) is 8.62. The van der Waals surface area contributed by atoms with Crippen LogP contribution in [-0.2, 0) is 6.54 Å². The Balaban J connectivity index is 1.57. The molecular formula is C19H18ClN5. The quantitative estimate of drug-likeness (QED) is 0.687. The molecule has 25 heavy (non-hydrogen) atoms. The van der Waals surface area contributed by atoms with Gasteiger partial charge in [0.2, 0.25) is 0 Å². The zero-order chi connectivity index (χ0) is 17.1. The summed E-state index contributed by atoms with van der Waals surface area (Å²) >= 11 is 6.15. The lowest BCUT2D eigenvalue weighted by Gasteiger charge is -2.12. The number of hydrogen-bond acceptors (Lipinski definition) is 4. The fourth-order valence-electron chi connectivity index (χ4n) is 2.85. The lowest BCUT2D eigenvalue weighted by atomic mass is 10.1. The van der Waals surface area contributed by atoms with E-state index >= 15 is 0 Å². The van der Waals surface area contributed by atoms with Gasteiger partial charge in [0, 0.05) is 41.8 Å². The summed E-state index contributed by atoms with van der Waals surface area (Å²) in [6.07, 6.45) is 6.58. The number of nitrogens with zero attached hydrogens (tertiary/aromatic N) is 3. The number of amidine groups is 1. The number of hydrogen-bond donors (Lipinski definition) is 2. The lowest BCUT2D eigenvalue weighted by Crippen LogP contribution is -2.26. The molecule has 0 saturated heterocycles. The maximum absolute atomic E-state index is 6.15. The molecule has 0 unspecified atom stereocenters. The van der Waals surface area contributed by atoms with Gasteiger partial charge in [0.1, 0.15) is 5.84 Å². The number of rotatable bonds is 4. The molecule has 5 nitrogen and oxygen atoms in total. The van der Waals surface area contributed by atoms with Crippen molar-refractivity contribution in [2.24, 2.45) is 4.99 Å². The van der Waals surface area contributed by atoms with Crippen LogP contribution < -0.4 is 10.6 Å². The highest BCUT2D eigenvalue weighted by atomic mass is 35.5. The van der Waals surface area contributed by atoms with Crippen molar-refractivity contribution < 1.29 is 0 Å². The van der Waals surface area contributed by atoms with Gasteiger partial charge in [0.05, 0.1) is 17.7 Å². The van der Waals surface area contributed by atoms with E-state index in [2.05, 4.69) is 32.3 Å². The van der Waals surface area contributed by atoms with Gasteiger partial charge >= 0.3 is 0 Å². The van der Waals surface area contributed by atoms with Crippen molar-refractivity contribution in [3.63, 3.8) is 0 Å². The number of aryl methyl sites for hydroxylation is 1. The van der Waals surface area contributed by atoms with Crippen molar-refractivity contribution in [2.75, 3.05) is 11.9 Å². The van der Waals surface area contributed by atoms with Crippen LogP contribution in [0, 0.1) is 0 Å². The van der Waals surface area contributed by atoms with Gasteiger partial charge in [-0.3, -0.25) is 0 Å². The molecule has 0 bridgehead atoms. The minimum atomic E-state index is 0.676. The molecule has 0 atom stereocenters. The molecule has 6 heteroatoms. The second-order valence-electron chi connectivity index (χ2n) is 5.87. The molecule has 2 heterocycles. The fourth-order valence-corrected chi connectivity index (χ4v) is 3.02. The van der Waals surface area contributed by atoms with Crippen LogP contribution in [0.1, 0.15) is 12.0 Å². The predicted molar refractivity (Wildman–Crippen MR) is 102 cm³/mol. The minimum absolute atomic E-state index is 0.676. The number of aromatic nitrogens is 2. The van der Waals surface area contributed by atoms with E-state index in [9.17, 15) is 0 Å². The van der Waals surface area contributed by atoms with E-state index in [1.165, 1.54) is 0 Å². The van der Waals surface area contributed by atoms with Crippen LogP contribution in [0.3, 0.4) is 0 Å². The van der Waals surface area contributed by atoms with Crippen LogP contribution in [0.25, 0.3) is 0 Å². The summed E-state index contributed by atoms with van der Waals surface area (Å²) in [7, 11) is 0. The van der Waals surface area contributed by atoms with Gasteiger partial charge in [-0.1, -0.05) is 23.7 Å². The van der Waals surface area contributed by atoms with Crippen LogP contribution in [0.2, 0.25) is 5.02 Å². The molecule has 2 aromatic carbocycles. The third-order valence-electron chi connectivity index (χ3n) is 4.09. The number of aliphatic imine (C=N–C) groups is 1. The summed E-state index contributed by atoms with van der Waals surface area (Å²) in [5, 5.41) is 7.60. The first-order valence-electron chi connectivity index (χ1n) is 8.24. The molecule has 3 aromatic rings. The zero-order valence-corrected chi connectivity index (χ0v) is 14.4. The molecule has 0 amide bonds. The first kappa shape index (κ1) is 15.7. The fraction of sp³-hybridized carbons (Fsp3) is 0.158. The average molecular weight is 352 g/mol. The van der Waals surface area contributed by atoms with Crippen molar-refractivity contribution in [3.8, 4) is 0 Å². The van der Waals surface area contributed by atoms with Crippen LogP contribution in [0.4, 0.5) is 17.1 Å². The van der Waals surface area contributed by atoms with Gasteiger partial charge in [0.25, 0.3) is 0 Å². The van der Waals surface area contributed by atoms with Gasteiger partial charge < -0.3 is 15.2 Å². The van der Waals surface area contributed by atoms with E-state index in [0.29, 0.717) is 5.02 Å². The Hall–Kier alpha value is -2.79. The Morgan fingerprint density at radius 1 is 1.12 bits per heavy atom. The Morgan fingerprint density at radius 3 is 2.92 bits per heavy atom. The summed E-state index contributed by atoms with van der Waals surface area (Å²) in [4.78, 5) is 8.88. The summed E-state index contributed by atoms with van der Waals surface area (Å²) in [5.74, 6) is 0.856. The molecule has 2 N–H and O–H groups in total. The molecule has 1 aromatic heterocycles. The number of fused-ring (bicyclic) bond motifs is 2. The van der Waals surface area contributed by atoms with E-state index in [4.69, 9.17) is 16.6 Å². The zero-order valence-electron chi connectivity index (χ0n) is 13.6. The van der Waals surface area contributed by atoms with E-state index in [1.54, 1.807) is 6.20 Å². The molecule has 0 aliphatic carbocycles.